The molecule has 1 fully saturated rings. The molecule has 3 aromatic rings. The molecule has 1 saturated heterocycles. The van der Waals surface area contributed by atoms with Gasteiger partial charge in [0.1, 0.15) is 5.82 Å². The van der Waals surface area contributed by atoms with E-state index in [0.717, 1.165) is 16.2 Å². The van der Waals surface area contributed by atoms with Crippen molar-refractivity contribution in [3.8, 4) is 0 Å². The zero-order valence-electron chi connectivity index (χ0n) is 18.2. The van der Waals surface area contributed by atoms with Gasteiger partial charge in [-0.1, -0.05) is 36.0 Å². The van der Waals surface area contributed by atoms with Gasteiger partial charge in [0, 0.05) is 38.4 Å². The van der Waals surface area contributed by atoms with Gasteiger partial charge in [0.25, 0.3) is 0 Å². The van der Waals surface area contributed by atoms with Crippen LogP contribution in [-0.4, -0.2) is 69.6 Å². The van der Waals surface area contributed by atoms with Crippen LogP contribution in [-0.2, 0) is 16.1 Å². The summed E-state index contributed by atoms with van der Waals surface area (Å²) in [6, 6.07) is 13.7. The van der Waals surface area contributed by atoms with Crippen LogP contribution in [0.1, 0.15) is 0 Å². The molecule has 0 spiro atoms. The van der Waals surface area contributed by atoms with Crippen molar-refractivity contribution in [2.24, 2.45) is 0 Å². The summed E-state index contributed by atoms with van der Waals surface area (Å²) in [6.07, 6.45) is 1.82. The monoisotopic (exact) mass is 467 g/mol. The van der Waals surface area contributed by atoms with Crippen molar-refractivity contribution in [2.75, 3.05) is 43.8 Å². The van der Waals surface area contributed by atoms with E-state index in [4.69, 9.17) is 0 Å². The third kappa shape index (κ3) is 5.80. The van der Waals surface area contributed by atoms with Gasteiger partial charge >= 0.3 is 0 Å². The first-order valence-corrected chi connectivity index (χ1v) is 11.8. The number of piperazine rings is 1. The SMILES string of the molecule is C=CCn1c(SCC(=O)N2CCN(CC(=O)Nc3cccc(F)c3)CC2)nc2ccccc21. The average Bonchev–Trinajstić information content (AvgIpc) is 3.15. The number of halogens is 1. The molecule has 0 saturated carbocycles. The van der Waals surface area contributed by atoms with Crippen LogP contribution in [0.2, 0.25) is 0 Å². The molecule has 9 heteroatoms. The van der Waals surface area contributed by atoms with E-state index < -0.39 is 5.82 Å². The Morgan fingerprint density at radius 2 is 1.91 bits per heavy atom. The number of hydrogen-bond donors (Lipinski definition) is 1. The molecule has 1 aliphatic rings. The second-order valence-corrected chi connectivity index (χ2v) is 8.73. The lowest BCUT2D eigenvalue weighted by Crippen LogP contribution is -2.50. The predicted octanol–water partition coefficient (Wildman–Crippen LogP) is 3.24. The zero-order chi connectivity index (χ0) is 23.2. The van der Waals surface area contributed by atoms with Crippen LogP contribution in [0.25, 0.3) is 11.0 Å². The van der Waals surface area contributed by atoms with E-state index in [1.54, 1.807) is 12.1 Å². The second-order valence-electron chi connectivity index (χ2n) is 7.79. The van der Waals surface area contributed by atoms with Crippen LogP contribution in [0.15, 0.2) is 66.3 Å². The molecule has 1 aliphatic heterocycles. The molecule has 0 radical (unpaired) electrons. The number of carbonyl (C=O) groups excluding carboxylic acids is 2. The van der Waals surface area contributed by atoms with Gasteiger partial charge in [-0.2, -0.15) is 0 Å². The van der Waals surface area contributed by atoms with Gasteiger partial charge in [-0.3, -0.25) is 14.5 Å². The van der Waals surface area contributed by atoms with E-state index in [0.29, 0.717) is 44.2 Å². The van der Waals surface area contributed by atoms with Crippen molar-refractivity contribution >= 4 is 40.3 Å². The normalized spacial score (nSPS) is 14.4. The number of benzene rings is 2. The molecule has 0 aliphatic carbocycles. The number of nitrogens with one attached hydrogen (secondary N) is 1. The Balaban J connectivity index is 1.26. The third-order valence-electron chi connectivity index (χ3n) is 5.46. The van der Waals surface area contributed by atoms with Crippen LogP contribution in [0.4, 0.5) is 10.1 Å². The Labute approximate surface area is 196 Å². The van der Waals surface area contributed by atoms with E-state index in [1.165, 1.54) is 23.9 Å². The zero-order valence-corrected chi connectivity index (χ0v) is 19.1. The molecule has 33 heavy (non-hydrogen) atoms. The van der Waals surface area contributed by atoms with Gasteiger partial charge in [-0.15, -0.1) is 6.58 Å². The third-order valence-corrected chi connectivity index (χ3v) is 6.42. The number of allylic oxidation sites excluding steroid dienone is 1. The Morgan fingerprint density at radius 1 is 1.12 bits per heavy atom. The minimum atomic E-state index is -0.391. The summed E-state index contributed by atoms with van der Waals surface area (Å²) in [5, 5.41) is 3.51. The summed E-state index contributed by atoms with van der Waals surface area (Å²) < 4.78 is 15.3. The summed E-state index contributed by atoms with van der Waals surface area (Å²) in [6.45, 7) is 7.02. The summed E-state index contributed by atoms with van der Waals surface area (Å²) >= 11 is 1.43. The number of fused-ring (bicyclic) bond motifs is 1. The smallest absolute Gasteiger partial charge is 0.238 e. The summed E-state index contributed by atoms with van der Waals surface area (Å²) in [5.74, 6) is -0.225. The molecule has 0 bridgehead atoms. The van der Waals surface area contributed by atoms with E-state index in [2.05, 4.69) is 21.4 Å². The van der Waals surface area contributed by atoms with Crippen molar-refractivity contribution in [3.05, 3.63) is 67.0 Å². The number of anilines is 1. The first-order valence-electron chi connectivity index (χ1n) is 10.8. The predicted molar refractivity (Wildman–Crippen MR) is 129 cm³/mol. The maximum atomic E-state index is 13.3. The van der Waals surface area contributed by atoms with Crippen molar-refractivity contribution < 1.29 is 14.0 Å². The molecule has 2 aromatic carbocycles. The molecule has 0 unspecified atom stereocenters. The van der Waals surface area contributed by atoms with E-state index >= 15 is 0 Å². The number of aromatic nitrogens is 2. The minimum absolute atomic E-state index is 0.0565. The fraction of sp³-hybridized carbons (Fsp3) is 0.292. The maximum absolute atomic E-state index is 13.3. The van der Waals surface area contributed by atoms with E-state index in [-0.39, 0.29) is 18.4 Å². The van der Waals surface area contributed by atoms with Crippen molar-refractivity contribution in [3.63, 3.8) is 0 Å². The van der Waals surface area contributed by atoms with Crippen molar-refractivity contribution in [1.29, 1.82) is 0 Å². The topological polar surface area (TPSA) is 70.5 Å². The van der Waals surface area contributed by atoms with Crippen LogP contribution >= 0.6 is 11.8 Å². The highest BCUT2D eigenvalue weighted by Crippen LogP contribution is 2.24. The van der Waals surface area contributed by atoms with Crippen LogP contribution in [0, 0.1) is 5.82 Å². The lowest BCUT2D eigenvalue weighted by Gasteiger charge is -2.34. The molecule has 2 heterocycles. The quantitative estimate of drug-likeness (QED) is 0.407. The maximum Gasteiger partial charge on any atom is 0.238 e. The highest BCUT2D eigenvalue weighted by Gasteiger charge is 2.23. The summed E-state index contributed by atoms with van der Waals surface area (Å²) in [5.41, 5.74) is 2.37. The second kappa shape index (κ2) is 10.6. The summed E-state index contributed by atoms with van der Waals surface area (Å²) in [4.78, 5) is 33.5. The summed E-state index contributed by atoms with van der Waals surface area (Å²) in [7, 11) is 0. The van der Waals surface area contributed by atoms with Crippen LogP contribution in [0.5, 0.6) is 0 Å². The standard InChI is InChI=1S/C24H26FN5O2S/c1-2-10-30-21-9-4-3-8-20(21)27-24(30)33-17-23(32)29-13-11-28(12-14-29)16-22(31)26-19-7-5-6-18(25)15-19/h2-9,15H,1,10-14,16-17H2,(H,26,31). The first kappa shape index (κ1) is 23.0. The molecule has 1 aromatic heterocycles. The Bertz CT molecular complexity index is 1160. The molecule has 7 nitrogen and oxygen atoms in total. The van der Waals surface area contributed by atoms with E-state index in [9.17, 15) is 14.0 Å². The number of carbonyl (C=O) groups is 2. The minimum Gasteiger partial charge on any atom is -0.339 e. The first-order chi connectivity index (χ1) is 16.0. The Hall–Kier alpha value is -3.17. The van der Waals surface area contributed by atoms with Gasteiger partial charge in [-0.05, 0) is 30.3 Å². The van der Waals surface area contributed by atoms with Crippen molar-refractivity contribution in [2.45, 2.75) is 11.7 Å². The average molecular weight is 468 g/mol. The fourth-order valence-electron chi connectivity index (χ4n) is 3.81. The molecule has 0 atom stereocenters. The van der Waals surface area contributed by atoms with Gasteiger partial charge in [-0.25, -0.2) is 9.37 Å². The number of hydrogen-bond acceptors (Lipinski definition) is 5. The van der Waals surface area contributed by atoms with E-state index in [1.807, 2.05) is 40.1 Å². The fourth-order valence-corrected chi connectivity index (χ4v) is 4.74. The number of nitrogens with zero attached hydrogens (tertiary/aromatic N) is 4. The van der Waals surface area contributed by atoms with Crippen LogP contribution < -0.4 is 5.32 Å². The van der Waals surface area contributed by atoms with Gasteiger partial charge in [0.2, 0.25) is 11.8 Å². The highest BCUT2D eigenvalue weighted by atomic mass is 32.2. The highest BCUT2D eigenvalue weighted by molar-refractivity contribution is 7.99. The molecular weight excluding hydrogens is 441 g/mol. The lowest BCUT2D eigenvalue weighted by molar-refractivity contribution is -0.130. The Morgan fingerprint density at radius 3 is 2.67 bits per heavy atom. The van der Waals surface area contributed by atoms with Crippen LogP contribution in [0.3, 0.4) is 0 Å². The largest absolute Gasteiger partial charge is 0.339 e. The number of amides is 2. The molecule has 172 valence electrons. The van der Waals surface area contributed by atoms with Gasteiger partial charge in [0.05, 0.1) is 23.3 Å². The number of thioether (sulfide) groups is 1. The molecule has 2 amide bonds. The van der Waals surface area contributed by atoms with Gasteiger partial charge < -0.3 is 14.8 Å². The number of rotatable bonds is 8. The molecule has 4 rings (SSSR count). The van der Waals surface area contributed by atoms with Crippen molar-refractivity contribution in [1.82, 2.24) is 19.4 Å². The lowest BCUT2D eigenvalue weighted by atomic mass is 10.3. The Kier molecular flexibility index (Phi) is 7.41. The number of para-hydroxylation sites is 2. The molecular formula is C24H26FN5O2S. The van der Waals surface area contributed by atoms with Gasteiger partial charge in [0.15, 0.2) is 5.16 Å². The number of imidazole rings is 1. The molecule has 1 N–H and O–H groups in total.